The molecule has 0 aliphatic carbocycles. The highest BCUT2D eigenvalue weighted by atomic mass is 35.5. The molecule has 126 valence electrons. The van der Waals surface area contributed by atoms with E-state index in [0.717, 1.165) is 16.7 Å². The molecule has 0 aliphatic rings. The lowest BCUT2D eigenvalue weighted by Crippen LogP contribution is -2.06. The Bertz CT molecular complexity index is 859. The Labute approximate surface area is 159 Å². The highest BCUT2D eigenvalue weighted by molar-refractivity contribution is 7.79. The van der Waals surface area contributed by atoms with Crippen LogP contribution in [0, 0.1) is 0 Å². The van der Waals surface area contributed by atoms with Gasteiger partial charge in [0.15, 0.2) is 5.78 Å². The van der Waals surface area contributed by atoms with Gasteiger partial charge in [-0.1, -0.05) is 72.3 Å². The lowest BCUT2D eigenvalue weighted by Gasteiger charge is -2.12. The third kappa shape index (κ3) is 4.41. The fraction of sp³-hybridized carbons (Fsp3) is 0.0455. The van der Waals surface area contributed by atoms with Gasteiger partial charge in [-0.2, -0.15) is 12.6 Å². The number of ketones is 1. The third-order valence-electron chi connectivity index (χ3n) is 3.74. The first-order valence-corrected chi connectivity index (χ1v) is 8.80. The number of carbonyl (C=O) groups excluding carboxylic acids is 1. The van der Waals surface area contributed by atoms with Crippen LogP contribution in [-0.2, 0) is 5.75 Å². The average molecular weight is 367 g/mol. The van der Waals surface area contributed by atoms with Crippen LogP contribution in [0.15, 0.2) is 86.0 Å². The van der Waals surface area contributed by atoms with Gasteiger partial charge in [-0.25, -0.2) is 0 Å². The van der Waals surface area contributed by atoms with Crippen LogP contribution in [0.3, 0.4) is 0 Å². The van der Waals surface area contributed by atoms with Crippen molar-refractivity contribution in [2.24, 2.45) is 0 Å². The van der Waals surface area contributed by atoms with Crippen molar-refractivity contribution < 1.29 is 4.79 Å². The molecule has 0 fully saturated rings. The molecule has 3 rings (SSSR count). The number of carbonyl (C=O) groups is 1. The first-order chi connectivity index (χ1) is 12.2. The van der Waals surface area contributed by atoms with E-state index in [1.54, 1.807) is 6.07 Å². The lowest BCUT2D eigenvalue weighted by atomic mass is 9.92. The first-order valence-electron chi connectivity index (χ1n) is 7.79. The van der Waals surface area contributed by atoms with Crippen molar-refractivity contribution in [3.8, 4) is 11.1 Å². The highest BCUT2D eigenvalue weighted by Gasteiger charge is 2.17. The van der Waals surface area contributed by atoms with E-state index in [2.05, 4.69) is 25.8 Å². The summed E-state index contributed by atoms with van der Waals surface area (Å²) in [6.45, 7) is 6.00. The van der Waals surface area contributed by atoms with E-state index in [0.29, 0.717) is 21.9 Å². The van der Waals surface area contributed by atoms with Crippen molar-refractivity contribution in [2.45, 2.75) is 5.75 Å². The van der Waals surface area contributed by atoms with E-state index >= 15 is 0 Å². The highest BCUT2D eigenvalue weighted by Crippen LogP contribution is 2.29. The Balaban J connectivity index is 0.00000109. The molecule has 0 unspecified atom stereocenters. The number of rotatable bonds is 4. The van der Waals surface area contributed by atoms with Crippen molar-refractivity contribution in [1.29, 1.82) is 0 Å². The van der Waals surface area contributed by atoms with Gasteiger partial charge in [0.25, 0.3) is 0 Å². The third-order valence-corrected chi connectivity index (χ3v) is 4.32. The van der Waals surface area contributed by atoms with Gasteiger partial charge in [0.1, 0.15) is 0 Å². The molecule has 0 radical (unpaired) electrons. The van der Waals surface area contributed by atoms with E-state index in [4.69, 9.17) is 11.6 Å². The smallest absolute Gasteiger partial charge is 0.194 e. The zero-order chi connectivity index (χ0) is 18.2. The SMILES string of the molecule is C=C.O=C(c1ccccc1CS)c1cc(Cl)ccc1-c1ccccc1. The molecule has 3 aromatic rings. The number of hydrogen-bond acceptors (Lipinski definition) is 2. The maximum absolute atomic E-state index is 13.1. The molecule has 3 aromatic carbocycles. The Kier molecular flexibility index (Phi) is 7.05. The predicted molar refractivity (Wildman–Crippen MR) is 111 cm³/mol. The minimum atomic E-state index is -0.0315. The summed E-state index contributed by atoms with van der Waals surface area (Å²) in [6.07, 6.45) is 0. The Morgan fingerprint density at radius 1 is 0.880 bits per heavy atom. The van der Waals surface area contributed by atoms with Crippen LogP contribution >= 0.6 is 24.2 Å². The van der Waals surface area contributed by atoms with Crippen molar-refractivity contribution in [2.75, 3.05) is 0 Å². The van der Waals surface area contributed by atoms with Gasteiger partial charge in [0, 0.05) is 21.9 Å². The van der Waals surface area contributed by atoms with Gasteiger partial charge in [-0.15, -0.1) is 13.2 Å². The summed E-state index contributed by atoms with van der Waals surface area (Å²) < 4.78 is 0. The van der Waals surface area contributed by atoms with Crippen LogP contribution < -0.4 is 0 Å². The largest absolute Gasteiger partial charge is 0.289 e. The first kappa shape index (κ1) is 19.0. The van der Waals surface area contributed by atoms with Crippen molar-refractivity contribution in [3.63, 3.8) is 0 Å². The van der Waals surface area contributed by atoms with Crippen LogP contribution in [0.1, 0.15) is 21.5 Å². The van der Waals surface area contributed by atoms with Gasteiger partial charge in [-0.3, -0.25) is 4.79 Å². The second-order valence-electron chi connectivity index (χ2n) is 5.20. The van der Waals surface area contributed by atoms with Crippen LogP contribution in [0.4, 0.5) is 0 Å². The number of benzene rings is 3. The Morgan fingerprint density at radius 2 is 1.52 bits per heavy atom. The van der Waals surface area contributed by atoms with Crippen molar-refractivity contribution in [3.05, 3.63) is 108 Å². The topological polar surface area (TPSA) is 17.1 Å². The summed E-state index contributed by atoms with van der Waals surface area (Å²) in [5.41, 5.74) is 4.07. The molecular formula is C22H19ClOS. The summed E-state index contributed by atoms with van der Waals surface area (Å²) in [6, 6.07) is 22.8. The summed E-state index contributed by atoms with van der Waals surface area (Å²) in [7, 11) is 0. The van der Waals surface area contributed by atoms with Crippen LogP contribution in [0.2, 0.25) is 5.02 Å². The molecule has 0 heterocycles. The van der Waals surface area contributed by atoms with Gasteiger partial charge in [0.05, 0.1) is 0 Å². The summed E-state index contributed by atoms with van der Waals surface area (Å²) in [5, 5.41) is 0.552. The number of thiol groups is 1. The van der Waals surface area contributed by atoms with Gasteiger partial charge >= 0.3 is 0 Å². The summed E-state index contributed by atoms with van der Waals surface area (Å²) >= 11 is 10.5. The molecule has 0 amide bonds. The zero-order valence-corrected chi connectivity index (χ0v) is 15.4. The van der Waals surface area contributed by atoms with E-state index in [1.807, 2.05) is 66.7 Å². The number of halogens is 1. The molecule has 0 bridgehead atoms. The molecule has 0 saturated heterocycles. The van der Waals surface area contributed by atoms with E-state index in [-0.39, 0.29) is 5.78 Å². The predicted octanol–water partition coefficient (Wildman–Crippen LogP) is 6.47. The molecule has 25 heavy (non-hydrogen) atoms. The van der Waals surface area contributed by atoms with Crippen LogP contribution in [0.25, 0.3) is 11.1 Å². The molecule has 0 atom stereocenters. The van der Waals surface area contributed by atoms with E-state index < -0.39 is 0 Å². The summed E-state index contributed by atoms with van der Waals surface area (Å²) in [5.74, 6) is 0.486. The maximum atomic E-state index is 13.1. The molecule has 3 heteroatoms. The Morgan fingerprint density at radius 3 is 2.20 bits per heavy atom. The van der Waals surface area contributed by atoms with E-state index in [1.165, 1.54) is 0 Å². The number of hydrogen-bond donors (Lipinski definition) is 1. The van der Waals surface area contributed by atoms with Crippen LogP contribution in [0.5, 0.6) is 0 Å². The lowest BCUT2D eigenvalue weighted by molar-refractivity contribution is 0.103. The van der Waals surface area contributed by atoms with Crippen molar-refractivity contribution in [1.82, 2.24) is 0 Å². The molecule has 0 aromatic heterocycles. The van der Waals surface area contributed by atoms with Gasteiger partial charge in [0.2, 0.25) is 0 Å². The summed E-state index contributed by atoms with van der Waals surface area (Å²) in [4.78, 5) is 13.1. The molecule has 0 N–H and O–H groups in total. The quantitative estimate of drug-likeness (QED) is 0.318. The normalized spacial score (nSPS) is 9.84. The Hall–Kier alpha value is -2.29. The minimum absolute atomic E-state index is 0.0315. The molecule has 1 nitrogen and oxygen atoms in total. The van der Waals surface area contributed by atoms with Gasteiger partial charge in [-0.05, 0) is 28.8 Å². The van der Waals surface area contributed by atoms with Gasteiger partial charge < -0.3 is 0 Å². The molecule has 0 aliphatic heterocycles. The van der Waals surface area contributed by atoms with Crippen LogP contribution in [-0.4, -0.2) is 5.78 Å². The van der Waals surface area contributed by atoms with Crippen molar-refractivity contribution >= 4 is 30.0 Å². The second-order valence-corrected chi connectivity index (χ2v) is 5.95. The molecule has 0 spiro atoms. The fourth-order valence-corrected chi connectivity index (χ4v) is 3.05. The maximum Gasteiger partial charge on any atom is 0.194 e. The minimum Gasteiger partial charge on any atom is -0.289 e. The average Bonchev–Trinajstić information content (AvgIpc) is 2.69. The standard InChI is InChI=1S/C20H15ClOS.C2H4/c21-16-10-11-17(14-6-2-1-3-7-14)19(12-16)20(22)18-9-5-4-8-15(18)13-23;1-2/h1-12,23H,13H2;1-2H2. The monoisotopic (exact) mass is 366 g/mol. The molecular weight excluding hydrogens is 348 g/mol. The van der Waals surface area contributed by atoms with E-state index in [9.17, 15) is 4.79 Å². The fourth-order valence-electron chi connectivity index (χ4n) is 2.60. The molecule has 0 saturated carbocycles. The second kappa shape index (κ2) is 9.26. The zero-order valence-electron chi connectivity index (χ0n) is 13.8.